The van der Waals surface area contributed by atoms with Crippen molar-refractivity contribution in [2.75, 3.05) is 6.54 Å². The van der Waals surface area contributed by atoms with Gasteiger partial charge in [0.1, 0.15) is 0 Å². The number of aromatic nitrogens is 3. The molecule has 0 saturated heterocycles. The molecule has 0 saturated carbocycles. The van der Waals surface area contributed by atoms with Gasteiger partial charge in [0.05, 0.1) is 18.1 Å². The Morgan fingerprint density at radius 3 is 2.59 bits per heavy atom. The van der Waals surface area contributed by atoms with Crippen LogP contribution in [0.5, 0.6) is 0 Å². The van der Waals surface area contributed by atoms with E-state index >= 15 is 0 Å². The van der Waals surface area contributed by atoms with Gasteiger partial charge in [-0.05, 0) is 30.5 Å². The zero-order valence-electron chi connectivity index (χ0n) is 19.5. The van der Waals surface area contributed by atoms with E-state index in [0.29, 0.717) is 12.1 Å². The van der Waals surface area contributed by atoms with E-state index in [1.807, 2.05) is 66.5 Å². The van der Waals surface area contributed by atoms with E-state index in [0.717, 1.165) is 34.1 Å². The Labute approximate surface area is 199 Å². The zero-order chi connectivity index (χ0) is 23.5. The Morgan fingerprint density at radius 2 is 1.85 bits per heavy atom. The third kappa shape index (κ3) is 4.56. The first-order chi connectivity index (χ1) is 16.6. The number of fused-ring (bicyclic) bond motifs is 1. The van der Waals surface area contributed by atoms with Crippen molar-refractivity contribution in [1.82, 2.24) is 19.9 Å². The molecule has 5 heteroatoms. The van der Waals surface area contributed by atoms with Gasteiger partial charge in [0.15, 0.2) is 5.78 Å². The van der Waals surface area contributed by atoms with E-state index in [1.165, 1.54) is 11.1 Å². The minimum absolute atomic E-state index is 0.0620. The van der Waals surface area contributed by atoms with Gasteiger partial charge in [0.2, 0.25) is 0 Å². The van der Waals surface area contributed by atoms with E-state index in [9.17, 15) is 4.79 Å². The molecule has 0 spiro atoms. The lowest BCUT2D eigenvalue weighted by Crippen LogP contribution is -2.30. The number of H-pyrrole nitrogens is 1. The normalized spacial score (nSPS) is 12.2. The van der Waals surface area contributed by atoms with Gasteiger partial charge in [-0.25, -0.2) is 4.98 Å². The van der Waals surface area contributed by atoms with Crippen molar-refractivity contribution in [2.24, 2.45) is 7.05 Å². The summed E-state index contributed by atoms with van der Waals surface area (Å²) in [5.74, 6) is 0.0620. The number of hydrogen-bond donors (Lipinski definition) is 2. The van der Waals surface area contributed by atoms with Crippen LogP contribution in [0.25, 0.3) is 22.2 Å². The molecule has 2 N–H and O–H groups in total. The van der Waals surface area contributed by atoms with Crippen molar-refractivity contribution in [2.45, 2.75) is 19.4 Å². The first-order valence-electron chi connectivity index (χ1n) is 11.6. The van der Waals surface area contributed by atoms with Crippen LogP contribution in [-0.4, -0.2) is 26.9 Å². The van der Waals surface area contributed by atoms with Crippen LogP contribution in [0.15, 0.2) is 91.5 Å². The Bertz CT molecular complexity index is 1410. The third-order valence-corrected chi connectivity index (χ3v) is 6.23. The number of nitrogens with zero attached hydrogens (tertiary/aromatic N) is 2. The van der Waals surface area contributed by atoms with Gasteiger partial charge in [-0.2, -0.15) is 0 Å². The lowest BCUT2D eigenvalue weighted by Gasteiger charge is -2.18. The van der Waals surface area contributed by atoms with Crippen LogP contribution in [-0.2, 0) is 13.5 Å². The van der Waals surface area contributed by atoms with Gasteiger partial charge in [-0.1, -0.05) is 72.3 Å². The highest BCUT2D eigenvalue weighted by atomic mass is 16.1. The molecule has 0 aliphatic carbocycles. The number of hydrogen-bond acceptors (Lipinski definition) is 3. The van der Waals surface area contributed by atoms with Gasteiger partial charge in [-0.15, -0.1) is 0 Å². The summed E-state index contributed by atoms with van der Waals surface area (Å²) in [6.07, 6.45) is 6.46. The number of aryl methyl sites for hydroxylation is 2. The standard InChI is InChI=1S/C29H28N4O/c1-20-8-10-21(11-9-20)14-15-30-28(22-6-4-3-5-7-22)29(34)25-17-31-26-16-23(12-13-24(25)26)27-18-33(2)19-32-27/h3-13,16-19,28,30-31H,14-15H2,1-2H3/t28-/m1/s1. The molecule has 0 fully saturated rings. The molecule has 3 aromatic carbocycles. The fraction of sp³-hybridized carbons (Fsp3) is 0.172. The summed E-state index contributed by atoms with van der Waals surface area (Å²) in [5.41, 5.74) is 7.02. The third-order valence-electron chi connectivity index (χ3n) is 6.23. The Hall–Kier alpha value is -3.96. The second-order valence-corrected chi connectivity index (χ2v) is 8.78. The minimum Gasteiger partial charge on any atom is -0.360 e. The van der Waals surface area contributed by atoms with Crippen LogP contribution in [0.3, 0.4) is 0 Å². The van der Waals surface area contributed by atoms with E-state index in [1.54, 1.807) is 6.33 Å². The fourth-order valence-corrected chi connectivity index (χ4v) is 4.33. The molecule has 2 heterocycles. The van der Waals surface area contributed by atoms with Gasteiger partial charge < -0.3 is 14.9 Å². The van der Waals surface area contributed by atoms with Crippen LogP contribution in [0.2, 0.25) is 0 Å². The molecule has 5 rings (SSSR count). The Morgan fingerprint density at radius 1 is 1.06 bits per heavy atom. The summed E-state index contributed by atoms with van der Waals surface area (Å²) in [7, 11) is 1.95. The molecule has 0 unspecified atom stereocenters. The lowest BCUT2D eigenvalue weighted by molar-refractivity contribution is 0.0945. The number of Topliss-reactive ketones (excluding diaryl/α,β-unsaturated/α-hetero) is 1. The lowest BCUT2D eigenvalue weighted by atomic mass is 9.96. The van der Waals surface area contributed by atoms with Crippen LogP contribution in [0.4, 0.5) is 0 Å². The first kappa shape index (κ1) is 21.9. The topological polar surface area (TPSA) is 62.7 Å². The summed E-state index contributed by atoms with van der Waals surface area (Å²) in [6.45, 7) is 2.80. The molecular weight excluding hydrogens is 420 g/mol. The maximum atomic E-state index is 13.8. The largest absolute Gasteiger partial charge is 0.360 e. The second-order valence-electron chi connectivity index (χ2n) is 8.78. The summed E-state index contributed by atoms with van der Waals surface area (Å²) in [4.78, 5) is 21.5. The highest BCUT2D eigenvalue weighted by Crippen LogP contribution is 2.28. The van der Waals surface area contributed by atoms with Gasteiger partial charge in [0.25, 0.3) is 0 Å². The van der Waals surface area contributed by atoms with Gasteiger partial charge in [0, 0.05) is 48.0 Å². The Balaban J connectivity index is 1.40. The summed E-state index contributed by atoms with van der Waals surface area (Å²) >= 11 is 0. The maximum Gasteiger partial charge on any atom is 0.186 e. The van der Waals surface area contributed by atoms with Crippen LogP contribution < -0.4 is 5.32 Å². The summed E-state index contributed by atoms with van der Waals surface area (Å²) in [6, 6.07) is 24.2. The molecule has 5 aromatic rings. The number of carbonyl (C=O) groups is 1. The number of ketones is 1. The van der Waals surface area contributed by atoms with Crippen molar-refractivity contribution >= 4 is 16.7 Å². The smallest absolute Gasteiger partial charge is 0.186 e. The average molecular weight is 449 g/mol. The molecule has 0 aliphatic rings. The highest BCUT2D eigenvalue weighted by molar-refractivity contribution is 6.11. The number of imidazole rings is 1. The molecule has 0 radical (unpaired) electrons. The van der Waals surface area contributed by atoms with E-state index in [2.05, 4.69) is 52.5 Å². The van der Waals surface area contributed by atoms with Crippen molar-refractivity contribution in [1.29, 1.82) is 0 Å². The molecular formula is C29H28N4O. The van der Waals surface area contributed by atoms with E-state index in [-0.39, 0.29) is 5.78 Å². The summed E-state index contributed by atoms with van der Waals surface area (Å²) in [5, 5.41) is 4.44. The minimum atomic E-state index is -0.416. The van der Waals surface area contributed by atoms with Crippen LogP contribution >= 0.6 is 0 Å². The zero-order valence-corrected chi connectivity index (χ0v) is 19.5. The van der Waals surface area contributed by atoms with Crippen molar-refractivity contribution in [3.8, 4) is 11.3 Å². The molecule has 34 heavy (non-hydrogen) atoms. The van der Waals surface area contributed by atoms with Gasteiger partial charge >= 0.3 is 0 Å². The molecule has 0 aliphatic heterocycles. The molecule has 5 nitrogen and oxygen atoms in total. The monoisotopic (exact) mass is 448 g/mol. The van der Waals surface area contributed by atoms with E-state index < -0.39 is 6.04 Å². The molecule has 2 aromatic heterocycles. The quantitative estimate of drug-likeness (QED) is 0.302. The predicted octanol–water partition coefficient (Wildman–Crippen LogP) is 5.63. The molecule has 1 atom stereocenters. The van der Waals surface area contributed by atoms with Crippen molar-refractivity contribution in [3.63, 3.8) is 0 Å². The number of nitrogens with one attached hydrogen (secondary N) is 2. The second kappa shape index (κ2) is 9.49. The molecule has 0 amide bonds. The van der Waals surface area contributed by atoms with Crippen LogP contribution in [0.1, 0.15) is 33.1 Å². The SMILES string of the molecule is Cc1ccc(CCN[C@@H](C(=O)c2c[nH]c3cc(-c4cn(C)cn4)ccc23)c2ccccc2)cc1. The van der Waals surface area contributed by atoms with Crippen molar-refractivity contribution < 1.29 is 4.79 Å². The first-order valence-corrected chi connectivity index (χ1v) is 11.6. The van der Waals surface area contributed by atoms with Crippen LogP contribution in [0, 0.1) is 6.92 Å². The number of carbonyl (C=O) groups excluding carboxylic acids is 1. The molecule has 0 bridgehead atoms. The predicted molar refractivity (Wildman–Crippen MR) is 137 cm³/mol. The fourth-order valence-electron chi connectivity index (χ4n) is 4.33. The summed E-state index contributed by atoms with van der Waals surface area (Å²) < 4.78 is 1.93. The maximum absolute atomic E-state index is 13.8. The number of rotatable bonds is 8. The highest BCUT2D eigenvalue weighted by Gasteiger charge is 2.24. The molecule has 170 valence electrons. The average Bonchev–Trinajstić information content (AvgIpc) is 3.49. The van der Waals surface area contributed by atoms with E-state index in [4.69, 9.17) is 0 Å². The number of aromatic amines is 1. The number of benzene rings is 3. The van der Waals surface area contributed by atoms with Gasteiger partial charge in [-0.3, -0.25) is 4.79 Å². The van der Waals surface area contributed by atoms with Crippen molar-refractivity contribution in [3.05, 3.63) is 114 Å². The Kier molecular flexibility index (Phi) is 6.11.